The van der Waals surface area contributed by atoms with Gasteiger partial charge < -0.3 is 20.4 Å². The van der Waals surface area contributed by atoms with Gasteiger partial charge in [-0.25, -0.2) is 0 Å². The average molecular weight is 273 g/mol. The van der Waals surface area contributed by atoms with Crippen molar-refractivity contribution < 1.29 is 9.21 Å². The van der Waals surface area contributed by atoms with Crippen LogP contribution in [0.2, 0.25) is 0 Å². The molecule has 0 unspecified atom stereocenters. The van der Waals surface area contributed by atoms with E-state index in [1.807, 2.05) is 38.4 Å². The molecule has 0 saturated heterocycles. The van der Waals surface area contributed by atoms with Crippen molar-refractivity contribution in [2.75, 3.05) is 19.4 Å². The number of furan rings is 1. The first-order chi connectivity index (χ1) is 9.58. The molecule has 0 radical (unpaired) electrons. The van der Waals surface area contributed by atoms with E-state index < -0.39 is 0 Å². The Morgan fingerprint density at radius 1 is 1.35 bits per heavy atom. The summed E-state index contributed by atoms with van der Waals surface area (Å²) >= 11 is 0. The first-order valence-corrected chi connectivity index (χ1v) is 6.41. The normalized spacial score (nSPS) is 10.8. The predicted octanol–water partition coefficient (Wildman–Crippen LogP) is 2.05. The fourth-order valence-electron chi connectivity index (χ4n) is 1.92. The summed E-state index contributed by atoms with van der Waals surface area (Å²) in [5.41, 5.74) is 7.84. The number of amides is 1. The third kappa shape index (κ3) is 3.69. The van der Waals surface area contributed by atoms with Crippen LogP contribution in [0.15, 0.2) is 41.0 Å². The molecule has 106 valence electrons. The van der Waals surface area contributed by atoms with Crippen molar-refractivity contribution in [2.24, 2.45) is 5.73 Å². The van der Waals surface area contributed by atoms with Crippen molar-refractivity contribution in [3.05, 3.63) is 53.5 Å². The summed E-state index contributed by atoms with van der Waals surface area (Å²) in [6.45, 7) is 1.11. The summed E-state index contributed by atoms with van der Waals surface area (Å²) in [4.78, 5) is 14.1. The SMILES string of the molecule is CN(C)Cc1cccc(NC(=O)c2coc(CN)c2)c1. The van der Waals surface area contributed by atoms with E-state index in [2.05, 4.69) is 10.2 Å². The van der Waals surface area contributed by atoms with Crippen LogP contribution in [-0.4, -0.2) is 24.9 Å². The molecule has 0 atom stereocenters. The van der Waals surface area contributed by atoms with Gasteiger partial charge in [-0.2, -0.15) is 0 Å². The van der Waals surface area contributed by atoms with Crippen molar-refractivity contribution in [3.8, 4) is 0 Å². The fourth-order valence-corrected chi connectivity index (χ4v) is 1.92. The topological polar surface area (TPSA) is 71.5 Å². The quantitative estimate of drug-likeness (QED) is 0.874. The molecule has 2 rings (SSSR count). The van der Waals surface area contributed by atoms with Crippen LogP contribution in [-0.2, 0) is 13.1 Å². The summed E-state index contributed by atoms with van der Waals surface area (Å²) in [7, 11) is 4.01. The molecule has 1 heterocycles. The van der Waals surface area contributed by atoms with Gasteiger partial charge in [0.1, 0.15) is 12.0 Å². The minimum Gasteiger partial charge on any atom is -0.467 e. The average Bonchev–Trinajstić information content (AvgIpc) is 2.87. The second-order valence-electron chi connectivity index (χ2n) is 4.90. The fraction of sp³-hybridized carbons (Fsp3) is 0.267. The van der Waals surface area contributed by atoms with Gasteiger partial charge in [-0.3, -0.25) is 4.79 Å². The molecule has 1 aromatic carbocycles. The summed E-state index contributed by atoms with van der Waals surface area (Å²) in [6.07, 6.45) is 1.42. The lowest BCUT2D eigenvalue weighted by atomic mass is 10.2. The maximum Gasteiger partial charge on any atom is 0.258 e. The van der Waals surface area contributed by atoms with Gasteiger partial charge >= 0.3 is 0 Å². The Bertz CT molecular complexity index is 590. The molecule has 0 saturated carbocycles. The second kappa shape index (κ2) is 6.36. The highest BCUT2D eigenvalue weighted by molar-refractivity contribution is 6.04. The van der Waals surface area contributed by atoms with Crippen LogP contribution in [0.25, 0.3) is 0 Å². The smallest absolute Gasteiger partial charge is 0.258 e. The lowest BCUT2D eigenvalue weighted by molar-refractivity contribution is 0.102. The van der Waals surface area contributed by atoms with E-state index in [1.165, 1.54) is 6.26 Å². The number of hydrogen-bond donors (Lipinski definition) is 2. The number of carbonyl (C=O) groups is 1. The Morgan fingerprint density at radius 2 is 2.15 bits per heavy atom. The van der Waals surface area contributed by atoms with Gasteiger partial charge in [0.05, 0.1) is 12.1 Å². The van der Waals surface area contributed by atoms with Gasteiger partial charge in [0, 0.05) is 12.2 Å². The van der Waals surface area contributed by atoms with Crippen molar-refractivity contribution >= 4 is 11.6 Å². The van der Waals surface area contributed by atoms with Gasteiger partial charge in [-0.05, 0) is 37.9 Å². The number of nitrogens with one attached hydrogen (secondary N) is 1. The molecular weight excluding hydrogens is 254 g/mol. The molecule has 0 aliphatic carbocycles. The lowest BCUT2D eigenvalue weighted by Crippen LogP contribution is -2.13. The number of rotatable bonds is 5. The highest BCUT2D eigenvalue weighted by atomic mass is 16.3. The molecule has 0 bridgehead atoms. The van der Waals surface area contributed by atoms with E-state index in [-0.39, 0.29) is 12.5 Å². The van der Waals surface area contributed by atoms with Crippen LogP contribution in [0.1, 0.15) is 21.7 Å². The monoisotopic (exact) mass is 273 g/mol. The Labute approximate surface area is 118 Å². The van der Waals surface area contributed by atoms with E-state index in [0.29, 0.717) is 11.3 Å². The zero-order valence-electron chi connectivity index (χ0n) is 11.7. The Balaban J connectivity index is 2.07. The van der Waals surface area contributed by atoms with E-state index in [4.69, 9.17) is 10.2 Å². The third-order valence-corrected chi connectivity index (χ3v) is 2.80. The zero-order chi connectivity index (χ0) is 14.5. The molecule has 2 aromatic rings. The van der Waals surface area contributed by atoms with Crippen LogP contribution in [0.5, 0.6) is 0 Å². The first kappa shape index (κ1) is 14.3. The van der Waals surface area contributed by atoms with E-state index >= 15 is 0 Å². The summed E-state index contributed by atoms with van der Waals surface area (Å²) < 4.78 is 5.16. The highest BCUT2D eigenvalue weighted by Crippen LogP contribution is 2.14. The number of hydrogen-bond acceptors (Lipinski definition) is 4. The van der Waals surface area contributed by atoms with E-state index in [1.54, 1.807) is 6.07 Å². The molecule has 1 amide bonds. The van der Waals surface area contributed by atoms with Crippen LogP contribution in [0, 0.1) is 0 Å². The molecular formula is C15H19N3O2. The minimum absolute atomic E-state index is 0.199. The molecule has 5 heteroatoms. The standard InChI is InChI=1S/C15H19N3O2/c1-18(2)9-11-4-3-5-13(6-11)17-15(19)12-7-14(8-16)20-10-12/h3-7,10H,8-9,16H2,1-2H3,(H,17,19). The van der Waals surface area contributed by atoms with Crippen LogP contribution in [0.4, 0.5) is 5.69 Å². The molecule has 5 nitrogen and oxygen atoms in total. The molecule has 0 aliphatic heterocycles. The Hall–Kier alpha value is -2.11. The molecule has 0 fully saturated rings. The summed E-state index contributed by atoms with van der Waals surface area (Å²) in [6, 6.07) is 9.43. The second-order valence-corrected chi connectivity index (χ2v) is 4.90. The van der Waals surface area contributed by atoms with Crippen molar-refractivity contribution in [2.45, 2.75) is 13.1 Å². The van der Waals surface area contributed by atoms with Crippen LogP contribution in [0.3, 0.4) is 0 Å². The Kier molecular flexibility index (Phi) is 4.55. The van der Waals surface area contributed by atoms with Gasteiger partial charge in [0.15, 0.2) is 0 Å². The van der Waals surface area contributed by atoms with Crippen LogP contribution < -0.4 is 11.1 Å². The number of anilines is 1. The molecule has 3 N–H and O–H groups in total. The first-order valence-electron chi connectivity index (χ1n) is 6.41. The zero-order valence-corrected chi connectivity index (χ0v) is 11.7. The predicted molar refractivity (Wildman–Crippen MR) is 78.4 cm³/mol. The van der Waals surface area contributed by atoms with Gasteiger partial charge in [-0.15, -0.1) is 0 Å². The van der Waals surface area contributed by atoms with Gasteiger partial charge in [0.25, 0.3) is 5.91 Å². The molecule has 0 aliphatic rings. The van der Waals surface area contributed by atoms with Crippen molar-refractivity contribution in [1.29, 1.82) is 0 Å². The maximum absolute atomic E-state index is 12.1. The number of carbonyl (C=O) groups excluding carboxylic acids is 1. The van der Waals surface area contributed by atoms with Crippen molar-refractivity contribution in [3.63, 3.8) is 0 Å². The maximum atomic E-state index is 12.1. The van der Waals surface area contributed by atoms with Crippen molar-refractivity contribution in [1.82, 2.24) is 4.90 Å². The minimum atomic E-state index is -0.199. The number of nitrogens with zero attached hydrogens (tertiary/aromatic N) is 1. The lowest BCUT2D eigenvalue weighted by Gasteiger charge is -2.11. The van der Waals surface area contributed by atoms with Gasteiger partial charge in [-0.1, -0.05) is 12.1 Å². The highest BCUT2D eigenvalue weighted by Gasteiger charge is 2.10. The van der Waals surface area contributed by atoms with Crippen LogP contribution >= 0.6 is 0 Å². The molecule has 1 aromatic heterocycles. The Morgan fingerprint density at radius 3 is 2.80 bits per heavy atom. The number of benzene rings is 1. The summed E-state index contributed by atoms with van der Waals surface area (Å²) in [5.74, 6) is 0.395. The van der Waals surface area contributed by atoms with Gasteiger partial charge in [0.2, 0.25) is 0 Å². The molecule has 0 spiro atoms. The van der Waals surface area contributed by atoms with E-state index in [9.17, 15) is 4.79 Å². The third-order valence-electron chi connectivity index (χ3n) is 2.80. The number of nitrogens with two attached hydrogens (primary N) is 1. The largest absolute Gasteiger partial charge is 0.467 e. The summed E-state index contributed by atoms with van der Waals surface area (Å²) in [5, 5.41) is 2.85. The molecule has 20 heavy (non-hydrogen) atoms. The van der Waals surface area contributed by atoms with E-state index in [0.717, 1.165) is 17.8 Å².